The summed E-state index contributed by atoms with van der Waals surface area (Å²) in [6.07, 6.45) is 1.79. The Balaban J connectivity index is 1.87. The van der Waals surface area contributed by atoms with Gasteiger partial charge in [-0.1, -0.05) is 15.9 Å². The van der Waals surface area contributed by atoms with Crippen LogP contribution in [0.3, 0.4) is 0 Å². The molecular weight excluding hydrogens is 348 g/mol. The predicted octanol–water partition coefficient (Wildman–Crippen LogP) is 3.10. The molecule has 0 unspecified atom stereocenters. The maximum atomic E-state index is 11.9. The zero-order valence-electron chi connectivity index (χ0n) is 12.2. The lowest BCUT2D eigenvalue weighted by molar-refractivity contribution is -0.121. The Morgan fingerprint density at radius 1 is 1.23 bits per heavy atom. The second-order valence-electron chi connectivity index (χ2n) is 4.75. The number of carbonyl (C=O) groups excluding carboxylic acids is 2. The maximum absolute atomic E-state index is 11.9. The monoisotopic (exact) mass is 364 g/mol. The summed E-state index contributed by atoms with van der Waals surface area (Å²) in [7, 11) is 0. The zero-order chi connectivity index (χ0) is 15.9. The van der Waals surface area contributed by atoms with Crippen molar-refractivity contribution >= 4 is 33.4 Å². The van der Waals surface area contributed by atoms with Gasteiger partial charge in [-0.15, -0.1) is 0 Å². The molecule has 0 saturated heterocycles. The number of nitrogens with one attached hydrogen (secondary N) is 1. The van der Waals surface area contributed by atoms with Crippen molar-refractivity contribution in [2.24, 2.45) is 0 Å². The fraction of sp³-hybridized carbons (Fsp3) is 0.250. The van der Waals surface area contributed by atoms with Gasteiger partial charge < -0.3 is 14.6 Å². The second-order valence-corrected chi connectivity index (χ2v) is 5.67. The molecule has 0 atom stereocenters. The molecule has 6 heteroatoms. The van der Waals surface area contributed by atoms with Crippen molar-refractivity contribution in [3.8, 4) is 0 Å². The molecule has 2 rings (SSSR count). The van der Waals surface area contributed by atoms with Crippen LogP contribution in [0.4, 0.5) is 5.69 Å². The number of benzene rings is 1. The van der Waals surface area contributed by atoms with E-state index < -0.39 is 0 Å². The van der Waals surface area contributed by atoms with Gasteiger partial charge in [-0.3, -0.25) is 9.59 Å². The predicted molar refractivity (Wildman–Crippen MR) is 87.3 cm³/mol. The van der Waals surface area contributed by atoms with Gasteiger partial charge in [0.1, 0.15) is 5.76 Å². The van der Waals surface area contributed by atoms with Crippen LogP contribution in [-0.4, -0.2) is 18.4 Å². The first-order valence-electron chi connectivity index (χ1n) is 6.89. The van der Waals surface area contributed by atoms with Gasteiger partial charge in [-0.05, 0) is 36.4 Å². The molecule has 5 nitrogen and oxygen atoms in total. The van der Waals surface area contributed by atoms with Crippen molar-refractivity contribution in [2.75, 3.05) is 11.4 Å². The van der Waals surface area contributed by atoms with E-state index in [0.717, 1.165) is 10.2 Å². The molecule has 0 aliphatic heterocycles. The molecule has 0 aliphatic rings. The molecule has 0 spiro atoms. The van der Waals surface area contributed by atoms with E-state index in [1.165, 1.54) is 6.92 Å². The average Bonchev–Trinajstić information content (AvgIpc) is 3.00. The van der Waals surface area contributed by atoms with Crippen LogP contribution in [0.15, 0.2) is 51.6 Å². The van der Waals surface area contributed by atoms with E-state index in [1.54, 1.807) is 23.3 Å². The highest BCUT2D eigenvalue weighted by Gasteiger charge is 2.13. The third kappa shape index (κ3) is 4.73. The number of hydrogen-bond donors (Lipinski definition) is 1. The molecule has 0 bridgehead atoms. The van der Waals surface area contributed by atoms with Gasteiger partial charge in [-0.25, -0.2) is 0 Å². The number of furan rings is 1. The summed E-state index contributed by atoms with van der Waals surface area (Å²) in [5.41, 5.74) is 0.773. The summed E-state index contributed by atoms with van der Waals surface area (Å²) in [6, 6.07) is 11.0. The first-order chi connectivity index (χ1) is 10.6. The molecular formula is C16H17BrN2O3. The fourth-order valence-corrected chi connectivity index (χ4v) is 2.25. The Labute approximate surface area is 137 Å². The van der Waals surface area contributed by atoms with Gasteiger partial charge in [-0.2, -0.15) is 0 Å². The van der Waals surface area contributed by atoms with E-state index in [4.69, 9.17) is 4.42 Å². The minimum Gasteiger partial charge on any atom is -0.467 e. The second kappa shape index (κ2) is 7.79. The van der Waals surface area contributed by atoms with Crippen molar-refractivity contribution in [3.63, 3.8) is 0 Å². The van der Waals surface area contributed by atoms with Crippen LogP contribution in [0.2, 0.25) is 0 Å². The van der Waals surface area contributed by atoms with Crippen LogP contribution < -0.4 is 10.2 Å². The molecule has 0 fully saturated rings. The fourth-order valence-electron chi connectivity index (χ4n) is 1.99. The molecule has 22 heavy (non-hydrogen) atoms. The first-order valence-corrected chi connectivity index (χ1v) is 7.68. The summed E-state index contributed by atoms with van der Waals surface area (Å²) in [5.74, 6) is 0.477. The molecule has 1 aromatic carbocycles. The molecule has 1 heterocycles. The van der Waals surface area contributed by atoms with Gasteiger partial charge >= 0.3 is 0 Å². The van der Waals surface area contributed by atoms with Gasteiger partial charge in [0.2, 0.25) is 11.8 Å². The third-order valence-corrected chi connectivity index (χ3v) is 3.65. The number of halogens is 1. The maximum Gasteiger partial charge on any atom is 0.223 e. The van der Waals surface area contributed by atoms with E-state index >= 15 is 0 Å². The first kappa shape index (κ1) is 16.3. The van der Waals surface area contributed by atoms with E-state index in [2.05, 4.69) is 21.2 Å². The number of hydrogen-bond acceptors (Lipinski definition) is 3. The topological polar surface area (TPSA) is 62.6 Å². The summed E-state index contributed by atoms with van der Waals surface area (Å²) < 4.78 is 6.09. The number of rotatable bonds is 6. The van der Waals surface area contributed by atoms with Crippen LogP contribution >= 0.6 is 15.9 Å². The van der Waals surface area contributed by atoms with Crippen molar-refractivity contribution in [2.45, 2.75) is 19.9 Å². The molecule has 116 valence electrons. The Morgan fingerprint density at radius 2 is 1.95 bits per heavy atom. The van der Waals surface area contributed by atoms with E-state index in [1.807, 2.05) is 24.3 Å². The summed E-state index contributed by atoms with van der Waals surface area (Å²) >= 11 is 3.36. The minimum absolute atomic E-state index is 0.0962. The highest BCUT2D eigenvalue weighted by Crippen LogP contribution is 2.18. The minimum atomic E-state index is -0.125. The van der Waals surface area contributed by atoms with Crippen LogP contribution in [0.1, 0.15) is 19.1 Å². The van der Waals surface area contributed by atoms with Crippen molar-refractivity contribution in [3.05, 3.63) is 52.9 Å². The molecule has 0 radical (unpaired) electrons. The Morgan fingerprint density at radius 3 is 2.55 bits per heavy atom. The van der Waals surface area contributed by atoms with E-state index in [9.17, 15) is 9.59 Å². The van der Waals surface area contributed by atoms with Crippen LogP contribution in [0.25, 0.3) is 0 Å². The summed E-state index contributed by atoms with van der Waals surface area (Å²) in [4.78, 5) is 25.2. The molecule has 2 aromatic rings. The largest absolute Gasteiger partial charge is 0.467 e. The lowest BCUT2D eigenvalue weighted by Gasteiger charge is -2.21. The molecule has 1 N–H and O–H groups in total. The lowest BCUT2D eigenvalue weighted by Crippen LogP contribution is -2.33. The highest BCUT2D eigenvalue weighted by atomic mass is 79.9. The zero-order valence-corrected chi connectivity index (χ0v) is 13.8. The highest BCUT2D eigenvalue weighted by molar-refractivity contribution is 9.10. The number of nitrogens with zero attached hydrogens (tertiary/aromatic N) is 1. The van der Waals surface area contributed by atoms with Crippen LogP contribution in [0, 0.1) is 0 Å². The number of amides is 2. The lowest BCUT2D eigenvalue weighted by atomic mass is 10.2. The van der Waals surface area contributed by atoms with Crippen molar-refractivity contribution in [1.82, 2.24) is 5.32 Å². The van der Waals surface area contributed by atoms with Gasteiger partial charge in [0.05, 0.1) is 12.8 Å². The Hall–Kier alpha value is -2.08. The summed E-state index contributed by atoms with van der Waals surface area (Å²) in [6.45, 7) is 2.17. The van der Waals surface area contributed by atoms with Crippen molar-refractivity contribution in [1.29, 1.82) is 0 Å². The van der Waals surface area contributed by atoms with E-state index in [0.29, 0.717) is 18.8 Å². The van der Waals surface area contributed by atoms with Gasteiger partial charge in [0, 0.05) is 30.0 Å². The van der Waals surface area contributed by atoms with Crippen LogP contribution in [0.5, 0.6) is 0 Å². The Bertz CT molecular complexity index is 623. The number of carbonyl (C=O) groups is 2. The quantitative estimate of drug-likeness (QED) is 0.856. The smallest absolute Gasteiger partial charge is 0.223 e. The van der Waals surface area contributed by atoms with Gasteiger partial charge in [0.15, 0.2) is 0 Å². The standard InChI is InChI=1S/C16H17BrN2O3/c1-12(20)19(14-6-4-13(17)5-7-14)9-8-16(21)18-11-15-3-2-10-22-15/h2-7,10H,8-9,11H2,1H3,(H,18,21). The molecule has 1 aromatic heterocycles. The third-order valence-electron chi connectivity index (χ3n) is 3.12. The SMILES string of the molecule is CC(=O)N(CCC(=O)NCc1ccco1)c1ccc(Br)cc1. The number of anilines is 1. The van der Waals surface area contributed by atoms with E-state index in [-0.39, 0.29) is 18.2 Å². The normalized spacial score (nSPS) is 10.3. The van der Waals surface area contributed by atoms with Gasteiger partial charge in [0.25, 0.3) is 0 Å². The van der Waals surface area contributed by atoms with Crippen molar-refractivity contribution < 1.29 is 14.0 Å². The molecule has 0 aliphatic carbocycles. The average molecular weight is 365 g/mol. The molecule has 0 saturated carbocycles. The Kier molecular flexibility index (Phi) is 5.77. The molecule has 2 amide bonds. The van der Waals surface area contributed by atoms with Crippen LogP contribution in [-0.2, 0) is 16.1 Å². The summed E-state index contributed by atoms with van der Waals surface area (Å²) in [5, 5.41) is 2.76.